The SMILES string of the molecule is CC[C@@H](C)C(=O)O[C@H]1[C@H](O)[C@H]2[C@@H](CN3C[C@@H](C)CC[C@H]3[C@@]2(C)O)[C@@H]2C[C@@]34OC5(O)C(C(C)(OC(C)=O)[C@@H](OC(C)=O)[C@H]3[C@@]21O)[C@]4(C)CC[C@@H]5OC(=O)C(O)[C@@H](C)O. The van der Waals surface area contributed by atoms with E-state index in [1.54, 1.807) is 20.8 Å². The van der Waals surface area contributed by atoms with E-state index in [1.165, 1.54) is 13.8 Å². The highest BCUT2D eigenvalue weighted by Crippen LogP contribution is 2.79. The first kappa shape index (κ1) is 42.7. The Bertz CT molecular complexity index is 1660. The molecule has 7 rings (SSSR count). The molecule has 0 aromatic carbocycles. The van der Waals surface area contributed by atoms with Crippen LogP contribution in [-0.2, 0) is 42.9 Å². The minimum atomic E-state index is -2.49. The van der Waals surface area contributed by atoms with Gasteiger partial charge < -0.3 is 54.3 Å². The van der Waals surface area contributed by atoms with Gasteiger partial charge in [-0.1, -0.05) is 27.7 Å². The lowest BCUT2D eigenvalue weighted by molar-refractivity contribution is -0.312. The summed E-state index contributed by atoms with van der Waals surface area (Å²) in [6.45, 7) is 15.1. The third kappa shape index (κ3) is 5.74. The van der Waals surface area contributed by atoms with Gasteiger partial charge in [0.25, 0.3) is 0 Å². The van der Waals surface area contributed by atoms with Gasteiger partial charge in [-0.05, 0) is 77.0 Å². The summed E-state index contributed by atoms with van der Waals surface area (Å²) in [6, 6.07) is -0.332. The van der Waals surface area contributed by atoms with Crippen LogP contribution >= 0.6 is 0 Å². The Labute approximate surface area is 333 Å². The largest absolute Gasteiger partial charge is 0.458 e. The molecule has 0 amide bonds. The zero-order valence-electron chi connectivity index (χ0n) is 34.5. The molecule has 0 aromatic rings. The highest BCUT2D eigenvalue weighted by Gasteiger charge is 2.92. The second-order valence-electron chi connectivity index (χ2n) is 19.5. The van der Waals surface area contributed by atoms with Gasteiger partial charge in [-0.15, -0.1) is 0 Å². The van der Waals surface area contributed by atoms with E-state index < -0.39 is 130 Å². The Morgan fingerprint density at radius 1 is 0.895 bits per heavy atom. The molecule has 0 radical (unpaired) electrons. The predicted octanol–water partition coefficient (Wildman–Crippen LogP) is 0.578. The zero-order chi connectivity index (χ0) is 42.2. The summed E-state index contributed by atoms with van der Waals surface area (Å²) < 4.78 is 31.3. The Morgan fingerprint density at radius 2 is 1.56 bits per heavy atom. The van der Waals surface area contributed by atoms with E-state index in [0.717, 1.165) is 20.3 Å². The van der Waals surface area contributed by atoms with E-state index in [4.69, 9.17) is 23.7 Å². The molecule has 3 saturated heterocycles. The van der Waals surface area contributed by atoms with Gasteiger partial charge in [0.2, 0.25) is 5.79 Å². The molecule has 4 saturated carbocycles. The van der Waals surface area contributed by atoms with Crippen LogP contribution in [0.2, 0.25) is 0 Å². The van der Waals surface area contributed by atoms with E-state index >= 15 is 0 Å². The first-order valence-electron chi connectivity index (χ1n) is 20.8. The fourth-order valence-corrected chi connectivity index (χ4v) is 13.7. The Morgan fingerprint density at radius 3 is 2.16 bits per heavy atom. The molecule has 16 heteroatoms. The number of rotatable bonds is 8. The van der Waals surface area contributed by atoms with Crippen molar-refractivity contribution >= 4 is 23.9 Å². The third-order valence-corrected chi connectivity index (χ3v) is 16.0. The number of esters is 4. The second kappa shape index (κ2) is 13.8. The van der Waals surface area contributed by atoms with Gasteiger partial charge >= 0.3 is 23.9 Å². The molecule has 20 atom stereocenters. The number of hydrogen-bond acceptors (Lipinski definition) is 16. The Kier molecular flexibility index (Phi) is 10.3. The monoisotopic (exact) mass is 809 g/mol. The summed E-state index contributed by atoms with van der Waals surface area (Å²) in [6.07, 6.45) is -7.88. The lowest BCUT2D eigenvalue weighted by Gasteiger charge is -2.65. The van der Waals surface area contributed by atoms with Crippen molar-refractivity contribution in [1.29, 1.82) is 0 Å². The van der Waals surface area contributed by atoms with E-state index in [0.29, 0.717) is 31.8 Å². The lowest BCUT2D eigenvalue weighted by Crippen LogP contribution is -2.79. The van der Waals surface area contributed by atoms with Crippen molar-refractivity contribution in [2.24, 2.45) is 46.8 Å². The molecule has 7 aliphatic rings. The van der Waals surface area contributed by atoms with Crippen molar-refractivity contribution in [3.8, 4) is 0 Å². The number of carbonyl (C=O) groups is 4. The Hall–Kier alpha value is -2.44. The normalized spacial score (nSPS) is 51.2. The summed E-state index contributed by atoms with van der Waals surface area (Å²) in [5.41, 5.74) is -8.73. The van der Waals surface area contributed by atoms with Crippen LogP contribution in [0.25, 0.3) is 0 Å². The minimum absolute atomic E-state index is 0.0170. The van der Waals surface area contributed by atoms with Gasteiger partial charge in [-0.3, -0.25) is 19.3 Å². The topological polar surface area (TPSA) is 239 Å². The fraction of sp³-hybridized carbons (Fsp3) is 0.902. The van der Waals surface area contributed by atoms with Crippen molar-refractivity contribution in [1.82, 2.24) is 4.90 Å². The number of aliphatic hydroxyl groups is 6. The molecular formula is C41H63NO15. The van der Waals surface area contributed by atoms with Gasteiger partial charge in [0.05, 0.1) is 41.2 Å². The number of carbonyl (C=O) groups excluding carboxylic acids is 4. The van der Waals surface area contributed by atoms with Crippen LogP contribution in [0.1, 0.15) is 101 Å². The Balaban J connectivity index is 1.47. The van der Waals surface area contributed by atoms with Crippen molar-refractivity contribution in [2.75, 3.05) is 13.1 Å². The maximum atomic E-state index is 13.9. The standard InChI is InChI=1S/C41H63NO15/c1-10-19(3)33(48)55-31-29(47)27-23(17-42-16-18(2)11-12-25(42)37(27,8)50)24-15-39-30(40(24,31)51)32(53-21(5)44)38(9,56-22(6)45)35-36(39,7)14-13-26(41(35,52)57-39)54-34(49)28(46)20(4)43/h18-20,23-32,35,43,46-47,50-52H,10-17H2,1-9H3/t18-,19+,20+,23-,24-,25-,26-,27+,28?,29+,30+,31-,32-,35?,36-,37+,38?,39+,40-,41?/m0/s1. The lowest BCUT2D eigenvalue weighted by atomic mass is 9.45. The smallest absolute Gasteiger partial charge is 0.338 e. The van der Waals surface area contributed by atoms with E-state index in [2.05, 4.69) is 11.8 Å². The van der Waals surface area contributed by atoms with E-state index in [-0.39, 0.29) is 25.3 Å². The molecule has 322 valence electrons. The van der Waals surface area contributed by atoms with Crippen LogP contribution in [0.3, 0.4) is 0 Å². The zero-order valence-corrected chi connectivity index (χ0v) is 34.5. The average molecular weight is 810 g/mol. The van der Waals surface area contributed by atoms with Crippen molar-refractivity contribution < 1.29 is 73.5 Å². The number of aliphatic hydroxyl groups excluding tert-OH is 3. The molecule has 6 N–H and O–H groups in total. The number of ether oxygens (including phenoxy) is 5. The molecule has 4 bridgehead atoms. The van der Waals surface area contributed by atoms with Gasteiger partial charge in [0.1, 0.15) is 5.60 Å². The van der Waals surface area contributed by atoms with Gasteiger partial charge in [-0.2, -0.15) is 0 Å². The van der Waals surface area contributed by atoms with Gasteiger partial charge in [0, 0.05) is 44.3 Å². The van der Waals surface area contributed by atoms with Crippen LogP contribution in [0, 0.1) is 46.8 Å². The highest BCUT2D eigenvalue weighted by atomic mass is 16.7. The van der Waals surface area contributed by atoms with Crippen LogP contribution in [0.15, 0.2) is 0 Å². The molecule has 0 aromatic heterocycles. The summed E-state index contributed by atoms with van der Waals surface area (Å²) >= 11 is 0. The summed E-state index contributed by atoms with van der Waals surface area (Å²) in [5, 5.41) is 72.8. The number of piperidine rings is 2. The first-order chi connectivity index (χ1) is 26.4. The van der Waals surface area contributed by atoms with E-state index in [1.807, 2.05) is 6.92 Å². The fourth-order valence-electron chi connectivity index (χ4n) is 13.7. The van der Waals surface area contributed by atoms with Gasteiger partial charge in [-0.25, -0.2) is 4.79 Å². The third-order valence-electron chi connectivity index (χ3n) is 16.0. The van der Waals surface area contributed by atoms with Crippen LogP contribution in [-0.4, -0.2) is 143 Å². The number of fused-ring (bicyclic) bond motifs is 5. The molecule has 16 nitrogen and oxygen atoms in total. The molecule has 4 aliphatic carbocycles. The van der Waals surface area contributed by atoms with Crippen LogP contribution < -0.4 is 0 Å². The van der Waals surface area contributed by atoms with Crippen molar-refractivity contribution in [2.45, 2.75) is 172 Å². The molecule has 1 spiro atoms. The van der Waals surface area contributed by atoms with Crippen LogP contribution in [0.5, 0.6) is 0 Å². The summed E-state index contributed by atoms with van der Waals surface area (Å²) in [4.78, 5) is 55.7. The van der Waals surface area contributed by atoms with Crippen molar-refractivity contribution in [3.63, 3.8) is 0 Å². The molecule has 7 fully saturated rings. The first-order valence-corrected chi connectivity index (χ1v) is 20.8. The average Bonchev–Trinajstić information content (AvgIpc) is 3.42. The van der Waals surface area contributed by atoms with Crippen LogP contribution in [0.4, 0.5) is 0 Å². The molecule has 3 aliphatic heterocycles. The second-order valence-corrected chi connectivity index (χ2v) is 19.5. The van der Waals surface area contributed by atoms with E-state index in [9.17, 15) is 49.8 Å². The quantitative estimate of drug-likeness (QED) is 0.145. The van der Waals surface area contributed by atoms with Crippen molar-refractivity contribution in [3.05, 3.63) is 0 Å². The van der Waals surface area contributed by atoms with Gasteiger partial charge in [0.15, 0.2) is 30.0 Å². The maximum absolute atomic E-state index is 13.9. The molecule has 4 unspecified atom stereocenters. The number of hydrogen-bond donors (Lipinski definition) is 6. The summed E-state index contributed by atoms with van der Waals surface area (Å²) in [7, 11) is 0. The molecule has 3 heterocycles. The summed E-state index contributed by atoms with van der Waals surface area (Å²) in [5.74, 6) is -11.6. The maximum Gasteiger partial charge on any atom is 0.338 e. The number of nitrogens with zero attached hydrogens (tertiary/aromatic N) is 1. The molecular weight excluding hydrogens is 746 g/mol. The molecule has 57 heavy (non-hydrogen) atoms. The minimum Gasteiger partial charge on any atom is -0.458 e. The predicted molar refractivity (Wildman–Crippen MR) is 196 cm³/mol. The highest BCUT2D eigenvalue weighted by molar-refractivity contribution is 5.75.